The van der Waals surface area contributed by atoms with E-state index < -0.39 is 0 Å². The van der Waals surface area contributed by atoms with Gasteiger partial charge in [-0.1, -0.05) is 6.92 Å². The smallest absolute Gasteiger partial charge is 0.0470 e. The fourth-order valence-corrected chi connectivity index (χ4v) is 0.631. The number of halogens is 1. The molecule has 0 aliphatic heterocycles. The normalized spacial score (nSPS) is 14.3. The molecule has 0 radical (unpaired) electrons. The first-order valence-electron chi connectivity index (χ1n) is 3.25. The lowest BCUT2D eigenvalue weighted by Gasteiger charge is -2.16. The highest BCUT2D eigenvalue weighted by Crippen LogP contribution is 1.86. The molecule has 3 heteroatoms. The van der Waals surface area contributed by atoms with Crippen LogP contribution in [0.2, 0.25) is 0 Å². The van der Waals surface area contributed by atoms with Gasteiger partial charge in [0.25, 0.3) is 0 Å². The first-order chi connectivity index (χ1) is 4.20. The van der Waals surface area contributed by atoms with Gasteiger partial charge in [0.15, 0.2) is 0 Å². The summed E-state index contributed by atoms with van der Waals surface area (Å²) in [5.41, 5.74) is 1.69. The SMILES string of the molecule is CCN(C)CC(C)NF. The monoisotopic (exact) mass is 134 g/mol. The highest BCUT2D eigenvalue weighted by Gasteiger charge is 2.01. The molecule has 0 fully saturated rings. The highest BCUT2D eigenvalue weighted by molar-refractivity contribution is 4.58. The van der Waals surface area contributed by atoms with Crippen LogP contribution in [-0.2, 0) is 0 Å². The van der Waals surface area contributed by atoms with Crippen molar-refractivity contribution < 1.29 is 4.48 Å². The average molecular weight is 134 g/mol. The summed E-state index contributed by atoms with van der Waals surface area (Å²) in [6.45, 7) is 5.58. The molecule has 1 unspecified atom stereocenters. The summed E-state index contributed by atoms with van der Waals surface area (Å²) in [5, 5.41) is 0. The zero-order chi connectivity index (χ0) is 7.28. The molecule has 0 spiro atoms. The van der Waals surface area contributed by atoms with Crippen molar-refractivity contribution in [3.05, 3.63) is 0 Å². The zero-order valence-electron chi connectivity index (χ0n) is 6.32. The molecule has 2 nitrogen and oxygen atoms in total. The van der Waals surface area contributed by atoms with Gasteiger partial charge >= 0.3 is 0 Å². The van der Waals surface area contributed by atoms with E-state index in [4.69, 9.17) is 0 Å². The van der Waals surface area contributed by atoms with Crippen molar-refractivity contribution in [2.24, 2.45) is 0 Å². The second-order valence-electron chi connectivity index (χ2n) is 2.37. The van der Waals surface area contributed by atoms with E-state index in [1.165, 1.54) is 0 Å². The van der Waals surface area contributed by atoms with Crippen LogP contribution in [0.1, 0.15) is 13.8 Å². The van der Waals surface area contributed by atoms with Gasteiger partial charge in [-0.05, 0) is 20.5 Å². The van der Waals surface area contributed by atoms with Crippen molar-refractivity contribution >= 4 is 0 Å². The summed E-state index contributed by atoms with van der Waals surface area (Å²) in [6.07, 6.45) is 0. The molecular weight excluding hydrogens is 119 g/mol. The summed E-state index contributed by atoms with van der Waals surface area (Å²) in [7, 11) is 1.97. The van der Waals surface area contributed by atoms with Gasteiger partial charge in [-0.25, -0.2) is 0 Å². The summed E-state index contributed by atoms with van der Waals surface area (Å²) in [6, 6.07) is -0.0602. The van der Waals surface area contributed by atoms with Gasteiger partial charge < -0.3 is 4.90 Å². The van der Waals surface area contributed by atoms with E-state index in [9.17, 15) is 4.48 Å². The maximum Gasteiger partial charge on any atom is 0.0470 e. The fraction of sp³-hybridized carbons (Fsp3) is 1.00. The molecule has 0 aromatic carbocycles. The van der Waals surface area contributed by atoms with Crippen LogP contribution in [0.4, 0.5) is 4.48 Å². The lowest BCUT2D eigenvalue weighted by Crippen LogP contribution is -2.33. The average Bonchev–Trinajstić information content (AvgIpc) is 1.87. The molecule has 0 bridgehead atoms. The molecule has 0 saturated carbocycles. The number of likely N-dealkylation sites (N-methyl/N-ethyl adjacent to an activating group) is 1. The van der Waals surface area contributed by atoms with Crippen LogP contribution in [0, 0.1) is 0 Å². The molecule has 0 aliphatic rings. The largest absolute Gasteiger partial charge is 0.305 e. The fourth-order valence-electron chi connectivity index (χ4n) is 0.631. The Hall–Kier alpha value is -0.150. The van der Waals surface area contributed by atoms with Crippen molar-refractivity contribution in [2.75, 3.05) is 20.1 Å². The zero-order valence-corrected chi connectivity index (χ0v) is 6.32. The topological polar surface area (TPSA) is 15.3 Å². The van der Waals surface area contributed by atoms with E-state index in [-0.39, 0.29) is 6.04 Å². The highest BCUT2D eigenvalue weighted by atomic mass is 19.2. The Bertz CT molecular complexity index is 60.1. The van der Waals surface area contributed by atoms with Crippen molar-refractivity contribution in [3.63, 3.8) is 0 Å². The van der Waals surface area contributed by atoms with E-state index >= 15 is 0 Å². The Morgan fingerprint density at radius 1 is 1.67 bits per heavy atom. The molecule has 0 amide bonds. The van der Waals surface area contributed by atoms with Crippen LogP contribution in [0.3, 0.4) is 0 Å². The standard InChI is InChI=1S/C6H15FN2/c1-4-9(3)5-6(2)8-7/h6,8H,4-5H2,1-3H3. The third kappa shape index (κ3) is 4.36. The Morgan fingerprint density at radius 3 is 2.56 bits per heavy atom. The molecule has 0 aromatic rings. The summed E-state index contributed by atoms with van der Waals surface area (Å²) in [4.78, 5) is 2.05. The van der Waals surface area contributed by atoms with Gasteiger partial charge in [0.05, 0.1) is 0 Å². The third-order valence-corrected chi connectivity index (χ3v) is 1.31. The predicted molar refractivity (Wildman–Crippen MR) is 36.9 cm³/mol. The molecule has 0 aromatic heterocycles. The molecule has 0 rings (SSSR count). The first kappa shape index (κ1) is 8.85. The van der Waals surface area contributed by atoms with Crippen molar-refractivity contribution in [1.82, 2.24) is 10.4 Å². The van der Waals surface area contributed by atoms with Crippen LogP contribution in [0.15, 0.2) is 0 Å². The molecule has 0 aliphatic carbocycles. The number of hydrogen-bond acceptors (Lipinski definition) is 2. The van der Waals surface area contributed by atoms with E-state index in [1.807, 2.05) is 20.9 Å². The van der Waals surface area contributed by atoms with Crippen LogP contribution in [-0.4, -0.2) is 31.1 Å². The lowest BCUT2D eigenvalue weighted by molar-refractivity contribution is 0.224. The number of nitrogens with zero attached hydrogens (tertiary/aromatic N) is 1. The minimum Gasteiger partial charge on any atom is -0.305 e. The Labute approximate surface area is 56.0 Å². The lowest BCUT2D eigenvalue weighted by atomic mass is 10.3. The number of rotatable bonds is 4. The van der Waals surface area contributed by atoms with Gasteiger partial charge in [0, 0.05) is 12.6 Å². The Kier molecular flexibility index (Phi) is 4.62. The molecular formula is C6H15FN2. The van der Waals surface area contributed by atoms with Crippen LogP contribution < -0.4 is 5.54 Å². The molecule has 0 heterocycles. The van der Waals surface area contributed by atoms with Crippen LogP contribution >= 0.6 is 0 Å². The van der Waals surface area contributed by atoms with E-state index in [0.29, 0.717) is 0 Å². The van der Waals surface area contributed by atoms with E-state index in [0.717, 1.165) is 13.1 Å². The molecule has 56 valence electrons. The van der Waals surface area contributed by atoms with Gasteiger partial charge in [-0.3, -0.25) is 0 Å². The quantitative estimate of drug-likeness (QED) is 0.572. The summed E-state index contributed by atoms with van der Waals surface area (Å²) < 4.78 is 11.6. The maximum absolute atomic E-state index is 11.6. The van der Waals surface area contributed by atoms with Gasteiger partial charge in [-0.15, -0.1) is 4.48 Å². The van der Waals surface area contributed by atoms with Crippen LogP contribution in [0.5, 0.6) is 0 Å². The van der Waals surface area contributed by atoms with Crippen LogP contribution in [0.25, 0.3) is 0 Å². The third-order valence-electron chi connectivity index (χ3n) is 1.31. The maximum atomic E-state index is 11.6. The summed E-state index contributed by atoms with van der Waals surface area (Å²) in [5.74, 6) is 0. The Balaban J connectivity index is 3.22. The molecule has 0 saturated heterocycles. The van der Waals surface area contributed by atoms with E-state index in [2.05, 4.69) is 4.90 Å². The van der Waals surface area contributed by atoms with Gasteiger partial charge in [0.2, 0.25) is 0 Å². The molecule has 9 heavy (non-hydrogen) atoms. The minimum atomic E-state index is -0.0602. The second kappa shape index (κ2) is 4.70. The molecule has 1 atom stereocenters. The second-order valence-corrected chi connectivity index (χ2v) is 2.37. The van der Waals surface area contributed by atoms with E-state index in [1.54, 1.807) is 5.54 Å². The predicted octanol–water partition coefficient (Wildman–Crippen LogP) is 0.801. The van der Waals surface area contributed by atoms with Gasteiger partial charge in [0.1, 0.15) is 0 Å². The summed E-state index contributed by atoms with van der Waals surface area (Å²) >= 11 is 0. The Morgan fingerprint density at radius 2 is 2.22 bits per heavy atom. The van der Waals surface area contributed by atoms with Crippen molar-refractivity contribution in [1.29, 1.82) is 0 Å². The van der Waals surface area contributed by atoms with Crippen molar-refractivity contribution in [2.45, 2.75) is 19.9 Å². The molecule has 1 N–H and O–H groups in total. The number of nitrogens with one attached hydrogen (secondary N) is 1. The first-order valence-corrected chi connectivity index (χ1v) is 3.25. The minimum absolute atomic E-state index is 0.0602. The van der Waals surface area contributed by atoms with Crippen molar-refractivity contribution in [3.8, 4) is 0 Å². The van der Waals surface area contributed by atoms with Gasteiger partial charge in [-0.2, -0.15) is 5.54 Å². The number of hydrogen-bond donors (Lipinski definition) is 1.